The van der Waals surface area contributed by atoms with Crippen molar-refractivity contribution in [1.82, 2.24) is 5.32 Å². The van der Waals surface area contributed by atoms with Crippen molar-refractivity contribution in [2.75, 3.05) is 5.75 Å². The second-order valence-electron chi connectivity index (χ2n) is 16.4. The highest BCUT2D eigenvalue weighted by Crippen LogP contribution is 2.14. The van der Waals surface area contributed by atoms with Gasteiger partial charge in [0.1, 0.15) is 0 Å². The molecule has 7 heteroatoms. The first kappa shape index (κ1) is 55.0. The fourth-order valence-corrected chi connectivity index (χ4v) is 7.78. The van der Waals surface area contributed by atoms with Crippen molar-refractivity contribution >= 4 is 16.0 Å². The van der Waals surface area contributed by atoms with Gasteiger partial charge in [-0.15, -0.1) is 0 Å². The molecule has 0 aliphatic rings. The SMILES string of the molecule is CCCCCCC/C=C\C/C=C\CCCCCCCCCCCC(=O)NC(CS(=O)(=O)O)C(O)/C=C/CC/C=C/CC/C=C/CCCCCCCCCCCCC. The van der Waals surface area contributed by atoms with Gasteiger partial charge >= 0.3 is 0 Å². The van der Waals surface area contributed by atoms with E-state index in [2.05, 4.69) is 67.8 Å². The van der Waals surface area contributed by atoms with Crippen LogP contribution in [0.25, 0.3) is 0 Å². The number of hydrogen-bond donors (Lipinski definition) is 3. The van der Waals surface area contributed by atoms with Crippen LogP contribution in [0.15, 0.2) is 60.8 Å². The average molecular weight is 818 g/mol. The standard InChI is InChI=1S/C50H91NO5S/c1-3-5-7-9-11-13-15-17-19-21-23-25-27-29-31-33-35-37-39-41-43-45-49(52)48(47-57(54,55)56)51-50(53)46-44-42-40-38-36-34-32-30-28-26-24-22-20-18-16-14-12-10-8-6-4-2/h16,18,22,24,27,29,35,37,43,45,48-49,52H,3-15,17,19-21,23,25-26,28,30-34,36,38-42,44,46-47H2,1-2H3,(H,51,53)(H,54,55,56)/b18-16-,24-22-,29-27+,37-35+,45-43+. The van der Waals surface area contributed by atoms with Crippen LogP contribution in [0, 0.1) is 0 Å². The first-order chi connectivity index (χ1) is 27.8. The van der Waals surface area contributed by atoms with Gasteiger partial charge in [-0.2, -0.15) is 8.42 Å². The zero-order chi connectivity index (χ0) is 41.8. The third kappa shape index (κ3) is 45.0. The highest BCUT2D eigenvalue weighted by Gasteiger charge is 2.24. The number of hydrogen-bond acceptors (Lipinski definition) is 4. The second kappa shape index (κ2) is 43.6. The van der Waals surface area contributed by atoms with Crippen LogP contribution in [-0.4, -0.2) is 41.9 Å². The maximum absolute atomic E-state index is 12.6. The van der Waals surface area contributed by atoms with E-state index in [1.165, 1.54) is 160 Å². The minimum atomic E-state index is -4.37. The summed E-state index contributed by atoms with van der Waals surface area (Å²) >= 11 is 0. The molecule has 0 spiro atoms. The highest BCUT2D eigenvalue weighted by molar-refractivity contribution is 7.85. The van der Waals surface area contributed by atoms with E-state index in [9.17, 15) is 22.9 Å². The highest BCUT2D eigenvalue weighted by atomic mass is 32.2. The van der Waals surface area contributed by atoms with Gasteiger partial charge in [-0.1, -0.05) is 209 Å². The topological polar surface area (TPSA) is 104 Å². The summed E-state index contributed by atoms with van der Waals surface area (Å²) in [7, 11) is -4.37. The van der Waals surface area contributed by atoms with Crippen LogP contribution in [0.1, 0.15) is 232 Å². The summed E-state index contributed by atoms with van der Waals surface area (Å²) < 4.78 is 32.6. The molecule has 0 saturated carbocycles. The van der Waals surface area contributed by atoms with E-state index in [0.29, 0.717) is 6.42 Å². The predicted molar refractivity (Wildman–Crippen MR) is 248 cm³/mol. The number of aliphatic hydroxyl groups is 1. The molecule has 6 nitrogen and oxygen atoms in total. The van der Waals surface area contributed by atoms with Gasteiger partial charge in [-0.3, -0.25) is 9.35 Å². The van der Waals surface area contributed by atoms with E-state index < -0.39 is 28.0 Å². The largest absolute Gasteiger partial charge is 0.387 e. The first-order valence-corrected chi connectivity index (χ1v) is 25.6. The van der Waals surface area contributed by atoms with Crippen LogP contribution in [0.4, 0.5) is 0 Å². The predicted octanol–water partition coefficient (Wildman–Crippen LogP) is 14.8. The van der Waals surface area contributed by atoms with E-state index >= 15 is 0 Å². The number of rotatable bonds is 43. The molecule has 0 aromatic rings. The van der Waals surface area contributed by atoms with Crippen molar-refractivity contribution in [3.8, 4) is 0 Å². The molecule has 0 aliphatic carbocycles. The Hall–Kier alpha value is -1.96. The maximum Gasteiger partial charge on any atom is 0.267 e. The molecule has 0 aromatic carbocycles. The molecule has 0 bridgehead atoms. The molecule has 1 amide bonds. The fourth-order valence-electron chi connectivity index (χ4n) is 7.04. The molecule has 0 aromatic heterocycles. The molecule has 0 aliphatic heterocycles. The lowest BCUT2D eigenvalue weighted by Crippen LogP contribution is -2.46. The van der Waals surface area contributed by atoms with Crippen LogP contribution in [0.3, 0.4) is 0 Å². The average Bonchev–Trinajstić information content (AvgIpc) is 3.18. The smallest absolute Gasteiger partial charge is 0.267 e. The number of amides is 1. The van der Waals surface area contributed by atoms with Gasteiger partial charge in [0.05, 0.1) is 17.9 Å². The fraction of sp³-hybridized carbons (Fsp3) is 0.780. The van der Waals surface area contributed by atoms with E-state index in [0.717, 1.165) is 51.4 Å². The van der Waals surface area contributed by atoms with Gasteiger partial charge in [0, 0.05) is 6.42 Å². The Morgan fingerprint density at radius 2 is 0.807 bits per heavy atom. The number of unbranched alkanes of at least 4 members (excludes halogenated alkanes) is 27. The van der Waals surface area contributed by atoms with Crippen molar-refractivity contribution in [3.05, 3.63) is 60.8 Å². The quantitative estimate of drug-likeness (QED) is 0.0323. The molecule has 0 radical (unpaired) electrons. The van der Waals surface area contributed by atoms with Gasteiger partial charge in [0.15, 0.2) is 0 Å². The summed E-state index contributed by atoms with van der Waals surface area (Å²) in [6.45, 7) is 4.53. The third-order valence-electron chi connectivity index (χ3n) is 10.6. The van der Waals surface area contributed by atoms with Crippen molar-refractivity contribution in [3.63, 3.8) is 0 Å². The summed E-state index contributed by atoms with van der Waals surface area (Å²) in [5, 5.41) is 13.3. The van der Waals surface area contributed by atoms with Gasteiger partial charge < -0.3 is 10.4 Å². The molecule has 0 rings (SSSR count). The number of carbonyl (C=O) groups excluding carboxylic acids is 1. The summed E-state index contributed by atoms with van der Waals surface area (Å²) in [5.41, 5.74) is 0. The molecule has 57 heavy (non-hydrogen) atoms. The monoisotopic (exact) mass is 818 g/mol. The van der Waals surface area contributed by atoms with Crippen LogP contribution < -0.4 is 5.32 Å². The summed E-state index contributed by atoms with van der Waals surface area (Å²) in [6.07, 6.45) is 60.7. The van der Waals surface area contributed by atoms with Crippen LogP contribution in [-0.2, 0) is 14.9 Å². The summed E-state index contributed by atoms with van der Waals surface area (Å²) in [6, 6.07) is -1.08. The number of allylic oxidation sites excluding steroid dienone is 9. The van der Waals surface area contributed by atoms with Crippen LogP contribution in [0.2, 0.25) is 0 Å². The van der Waals surface area contributed by atoms with E-state index in [-0.39, 0.29) is 12.3 Å². The van der Waals surface area contributed by atoms with Gasteiger partial charge in [-0.05, 0) is 77.0 Å². The number of carbonyl (C=O) groups is 1. The lowest BCUT2D eigenvalue weighted by atomic mass is 10.1. The molecule has 2 unspecified atom stereocenters. The molecule has 2 atom stereocenters. The summed E-state index contributed by atoms with van der Waals surface area (Å²) in [4.78, 5) is 12.6. The zero-order valence-electron chi connectivity index (χ0n) is 37.2. The molecule has 3 N–H and O–H groups in total. The molecule has 332 valence electrons. The Morgan fingerprint density at radius 3 is 1.21 bits per heavy atom. The molecule has 0 saturated heterocycles. The van der Waals surface area contributed by atoms with E-state index in [1.54, 1.807) is 6.08 Å². The molecule has 0 fully saturated rings. The van der Waals surface area contributed by atoms with E-state index in [1.807, 2.05) is 0 Å². The number of aliphatic hydroxyl groups excluding tert-OH is 1. The Labute approximate surface area is 353 Å². The normalized spacial score (nSPS) is 13.7. The third-order valence-corrected chi connectivity index (χ3v) is 11.4. The lowest BCUT2D eigenvalue weighted by Gasteiger charge is -2.21. The molecular formula is C50H91NO5S. The van der Waals surface area contributed by atoms with Crippen molar-refractivity contribution in [1.29, 1.82) is 0 Å². The van der Waals surface area contributed by atoms with Crippen molar-refractivity contribution in [2.45, 2.75) is 244 Å². The van der Waals surface area contributed by atoms with Gasteiger partial charge in [0.25, 0.3) is 10.1 Å². The number of nitrogens with one attached hydrogen (secondary N) is 1. The van der Waals surface area contributed by atoms with Gasteiger partial charge in [0.2, 0.25) is 5.91 Å². The van der Waals surface area contributed by atoms with Crippen LogP contribution >= 0.6 is 0 Å². The van der Waals surface area contributed by atoms with E-state index in [4.69, 9.17) is 0 Å². The second-order valence-corrected chi connectivity index (χ2v) is 17.9. The van der Waals surface area contributed by atoms with Gasteiger partial charge in [-0.25, -0.2) is 0 Å². The van der Waals surface area contributed by atoms with Crippen LogP contribution in [0.5, 0.6) is 0 Å². The minimum Gasteiger partial charge on any atom is -0.387 e. The Kier molecular flexibility index (Phi) is 42.1. The first-order valence-electron chi connectivity index (χ1n) is 24.0. The Bertz CT molecular complexity index is 1130. The molecular weight excluding hydrogens is 727 g/mol. The Balaban J connectivity index is 3.93. The summed E-state index contributed by atoms with van der Waals surface area (Å²) in [5.74, 6) is -1.01. The minimum absolute atomic E-state index is 0.278. The Morgan fingerprint density at radius 1 is 0.474 bits per heavy atom. The maximum atomic E-state index is 12.6. The van der Waals surface area contributed by atoms with Crippen molar-refractivity contribution in [2.24, 2.45) is 0 Å². The van der Waals surface area contributed by atoms with Crippen molar-refractivity contribution < 1.29 is 22.9 Å². The zero-order valence-corrected chi connectivity index (χ0v) is 38.0. The molecule has 0 heterocycles. The lowest BCUT2D eigenvalue weighted by molar-refractivity contribution is -0.122.